The zero-order chi connectivity index (χ0) is 12.4. The summed E-state index contributed by atoms with van der Waals surface area (Å²) >= 11 is 0. The topological polar surface area (TPSA) is 108 Å². The van der Waals surface area contributed by atoms with E-state index in [4.69, 9.17) is 11.3 Å². The molecule has 0 saturated carbocycles. The van der Waals surface area contributed by atoms with Crippen LogP contribution in [0.5, 0.6) is 0 Å². The summed E-state index contributed by atoms with van der Waals surface area (Å²) in [6.45, 7) is 0. The number of halogens is 1. The number of hydrazone groups is 1. The Balaban J connectivity index is 2.78. The fourth-order valence-electron chi connectivity index (χ4n) is 1.44. The van der Waals surface area contributed by atoms with Gasteiger partial charge in [-0.15, -0.1) is 0 Å². The van der Waals surface area contributed by atoms with Gasteiger partial charge in [0.15, 0.2) is 0 Å². The molecule has 0 saturated heterocycles. The average Bonchev–Trinajstić information content (AvgIpc) is 2.32. The molecule has 6 nitrogen and oxygen atoms in total. The molecule has 0 atom stereocenters. The molecule has 17 heavy (non-hydrogen) atoms. The van der Waals surface area contributed by atoms with Crippen LogP contribution in [-0.2, 0) is 0 Å². The summed E-state index contributed by atoms with van der Waals surface area (Å²) in [4.78, 5) is 17.8. The van der Waals surface area contributed by atoms with Crippen molar-refractivity contribution in [1.82, 2.24) is 9.97 Å². The van der Waals surface area contributed by atoms with Crippen molar-refractivity contribution in [2.75, 3.05) is 0 Å². The molecule has 0 bridgehead atoms. The first-order chi connectivity index (χ1) is 8.15. The molecule has 0 aromatic carbocycles. The fraction of sp³-hybridized carbons (Fsp3) is 0. The van der Waals surface area contributed by atoms with Crippen LogP contribution < -0.4 is 11.4 Å². The van der Waals surface area contributed by atoms with Crippen LogP contribution in [0.3, 0.4) is 0 Å². The molecule has 86 valence electrons. The van der Waals surface area contributed by atoms with Gasteiger partial charge in [-0.3, -0.25) is 4.79 Å². The molecular formula is C10H8FN5O. The lowest BCUT2D eigenvalue weighted by Crippen LogP contribution is -2.20. The van der Waals surface area contributed by atoms with E-state index in [1.807, 2.05) is 0 Å². The zero-order valence-corrected chi connectivity index (χ0v) is 8.57. The maximum atomic E-state index is 13.0. The molecule has 2 aromatic heterocycles. The quantitative estimate of drug-likeness (QED) is 0.396. The van der Waals surface area contributed by atoms with E-state index in [2.05, 4.69) is 15.1 Å². The van der Waals surface area contributed by atoms with Crippen LogP contribution in [0.1, 0.15) is 5.56 Å². The number of nitrogens with two attached hydrogens (primary N) is 1. The molecule has 2 aromatic rings. The second kappa shape index (κ2) is 4.12. The Morgan fingerprint density at radius 1 is 1.59 bits per heavy atom. The highest BCUT2D eigenvalue weighted by Gasteiger charge is 2.08. The van der Waals surface area contributed by atoms with Crippen molar-refractivity contribution in [3.63, 3.8) is 0 Å². The van der Waals surface area contributed by atoms with Gasteiger partial charge in [0.1, 0.15) is 17.2 Å². The summed E-state index contributed by atoms with van der Waals surface area (Å²) in [7, 11) is 0. The molecule has 0 unspecified atom stereocenters. The number of fused-ring (bicyclic) bond motifs is 1. The van der Waals surface area contributed by atoms with Gasteiger partial charge < -0.3 is 16.2 Å². The summed E-state index contributed by atoms with van der Waals surface area (Å²) < 4.78 is 13.0. The molecular weight excluding hydrogens is 225 g/mol. The molecule has 0 fully saturated rings. The summed E-state index contributed by atoms with van der Waals surface area (Å²) in [5, 5.41) is 10.8. The standard InChI is InChI=1S/C10H8FN5O/c11-6-1-5-2-7(8(3-12)16-13)10(17)15-9(5)14-4-6/h1-4,12H,13H2,(H,14,15,17). The minimum atomic E-state index is -0.517. The van der Waals surface area contributed by atoms with Gasteiger partial charge in [0.2, 0.25) is 0 Å². The number of nitrogens with one attached hydrogen (secondary N) is 2. The predicted molar refractivity (Wildman–Crippen MR) is 61.8 cm³/mol. The van der Waals surface area contributed by atoms with Crippen LogP contribution >= 0.6 is 0 Å². The predicted octanol–water partition coefficient (Wildman–Crippen LogP) is 0.375. The molecule has 0 aliphatic carbocycles. The van der Waals surface area contributed by atoms with E-state index < -0.39 is 11.4 Å². The van der Waals surface area contributed by atoms with E-state index in [1.165, 1.54) is 12.1 Å². The average molecular weight is 233 g/mol. The summed E-state index contributed by atoms with van der Waals surface area (Å²) in [5.41, 5.74) is -0.106. The van der Waals surface area contributed by atoms with Gasteiger partial charge in [-0.1, -0.05) is 0 Å². The first-order valence-corrected chi connectivity index (χ1v) is 4.63. The Labute approximate surface area is 94.5 Å². The molecule has 0 spiro atoms. The number of H-pyrrole nitrogens is 1. The summed E-state index contributed by atoms with van der Waals surface area (Å²) in [6.07, 6.45) is 1.86. The normalized spacial score (nSPS) is 11.7. The molecule has 0 amide bonds. The van der Waals surface area contributed by atoms with Crippen molar-refractivity contribution in [2.45, 2.75) is 0 Å². The van der Waals surface area contributed by atoms with Crippen LogP contribution in [0, 0.1) is 11.2 Å². The minimum absolute atomic E-state index is 0.0115. The lowest BCUT2D eigenvalue weighted by atomic mass is 10.1. The number of aromatic nitrogens is 2. The molecule has 0 aliphatic heterocycles. The molecule has 0 radical (unpaired) electrons. The monoisotopic (exact) mass is 233 g/mol. The molecule has 7 heteroatoms. The third-order valence-electron chi connectivity index (χ3n) is 2.21. The van der Waals surface area contributed by atoms with Gasteiger partial charge in [-0.25, -0.2) is 9.37 Å². The van der Waals surface area contributed by atoms with Crippen LogP contribution in [0.15, 0.2) is 28.2 Å². The van der Waals surface area contributed by atoms with Gasteiger partial charge in [0.25, 0.3) is 5.56 Å². The van der Waals surface area contributed by atoms with Crippen molar-refractivity contribution in [3.05, 3.63) is 40.1 Å². The SMILES string of the molecule is N=CC(=NN)c1cc2cc(F)cnc2[nH]c1=O. The third kappa shape index (κ3) is 1.89. The van der Waals surface area contributed by atoms with Gasteiger partial charge >= 0.3 is 0 Å². The fourth-order valence-corrected chi connectivity index (χ4v) is 1.44. The number of pyridine rings is 2. The maximum Gasteiger partial charge on any atom is 0.259 e. The molecule has 4 N–H and O–H groups in total. The van der Waals surface area contributed by atoms with Crippen LogP contribution in [-0.4, -0.2) is 21.9 Å². The van der Waals surface area contributed by atoms with Crippen molar-refractivity contribution >= 4 is 23.0 Å². The highest BCUT2D eigenvalue weighted by molar-refractivity contribution is 6.37. The Hall–Kier alpha value is -2.57. The third-order valence-corrected chi connectivity index (χ3v) is 2.21. The Bertz CT molecular complexity index is 676. The van der Waals surface area contributed by atoms with Gasteiger partial charge in [0, 0.05) is 11.6 Å². The second-order valence-electron chi connectivity index (χ2n) is 3.26. The van der Waals surface area contributed by atoms with Crippen molar-refractivity contribution in [1.29, 1.82) is 5.41 Å². The Morgan fingerprint density at radius 2 is 2.35 bits per heavy atom. The van der Waals surface area contributed by atoms with Crippen LogP contribution in [0.2, 0.25) is 0 Å². The van der Waals surface area contributed by atoms with E-state index >= 15 is 0 Å². The molecule has 2 heterocycles. The van der Waals surface area contributed by atoms with Crippen LogP contribution in [0.25, 0.3) is 11.0 Å². The number of aromatic amines is 1. The smallest absolute Gasteiger partial charge is 0.259 e. The van der Waals surface area contributed by atoms with E-state index in [-0.39, 0.29) is 16.9 Å². The number of nitrogens with zero attached hydrogens (tertiary/aromatic N) is 2. The van der Waals surface area contributed by atoms with Crippen LogP contribution in [0.4, 0.5) is 4.39 Å². The van der Waals surface area contributed by atoms with Gasteiger partial charge in [-0.05, 0) is 12.1 Å². The lowest BCUT2D eigenvalue weighted by molar-refractivity contribution is 0.624. The maximum absolute atomic E-state index is 13.0. The first-order valence-electron chi connectivity index (χ1n) is 4.63. The van der Waals surface area contributed by atoms with Gasteiger partial charge in [-0.2, -0.15) is 5.10 Å². The van der Waals surface area contributed by atoms with Crippen molar-refractivity contribution in [3.8, 4) is 0 Å². The lowest BCUT2D eigenvalue weighted by Gasteiger charge is -2.01. The highest BCUT2D eigenvalue weighted by atomic mass is 19.1. The number of rotatable bonds is 2. The first kappa shape index (κ1) is 10.9. The van der Waals surface area contributed by atoms with Gasteiger partial charge in [0.05, 0.1) is 11.8 Å². The van der Waals surface area contributed by atoms with Crippen molar-refractivity contribution in [2.24, 2.45) is 10.9 Å². The molecule has 2 rings (SSSR count). The number of hydrogen-bond donors (Lipinski definition) is 3. The van der Waals surface area contributed by atoms with E-state index in [0.717, 1.165) is 12.4 Å². The van der Waals surface area contributed by atoms with E-state index in [9.17, 15) is 9.18 Å². The highest BCUT2D eigenvalue weighted by Crippen LogP contribution is 2.10. The Morgan fingerprint density at radius 3 is 3.00 bits per heavy atom. The molecule has 0 aliphatic rings. The summed E-state index contributed by atoms with van der Waals surface area (Å²) in [5.74, 6) is 4.54. The number of hydrogen-bond acceptors (Lipinski definition) is 5. The van der Waals surface area contributed by atoms with Crippen molar-refractivity contribution < 1.29 is 4.39 Å². The second-order valence-corrected chi connectivity index (χ2v) is 3.26. The van der Waals surface area contributed by atoms with E-state index in [1.54, 1.807) is 0 Å². The van der Waals surface area contributed by atoms with E-state index in [0.29, 0.717) is 5.39 Å². The largest absolute Gasteiger partial charge is 0.323 e. The Kier molecular flexibility index (Phi) is 2.65. The minimum Gasteiger partial charge on any atom is -0.323 e. The zero-order valence-electron chi connectivity index (χ0n) is 8.57. The summed E-state index contributed by atoms with van der Waals surface area (Å²) in [6, 6.07) is 2.61.